The topological polar surface area (TPSA) is 85.4 Å². The summed E-state index contributed by atoms with van der Waals surface area (Å²) in [6, 6.07) is 3.96. The van der Waals surface area contributed by atoms with E-state index in [1.165, 1.54) is 12.8 Å². The molecule has 19 heavy (non-hydrogen) atoms. The molecule has 1 aliphatic rings. The quantitative estimate of drug-likeness (QED) is 0.731. The van der Waals surface area contributed by atoms with E-state index in [4.69, 9.17) is 5.73 Å². The number of pyridine rings is 1. The lowest BCUT2D eigenvalue weighted by Gasteiger charge is -2.01. The van der Waals surface area contributed by atoms with Crippen molar-refractivity contribution in [3.8, 4) is 5.82 Å². The lowest BCUT2D eigenvalue weighted by Crippen LogP contribution is -2.01. The Balaban J connectivity index is 1.99. The maximum atomic E-state index is 5.97. The van der Waals surface area contributed by atoms with Gasteiger partial charge in [-0.25, -0.2) is 4.98 Å². The number of nitrogens with zero attached hydrogens (tertiary/aromatic N) is 4. The number of nitrogens with two attached hydrogens (primary N) is 1. The van der Waals surface area contributed by atoms with E-state index >= 15 is 0 Å². The molecule has 0 amide bonds. The van der Waals surface area contributed by atoms with Crippen LogP contribution in [-0.4, -0.2) is 25.0 Å². The molecule has 0 aromatic carbocycles. The van der Waals surface area contributed by atoms with Gasteiger partial charge in [0.1, 0.15) is 5.82 Å². The molecule has 3 heterocycles. The second kappa shape index (κ2) is 3.57. The lowest BCUT2D eigenvalue weighted by molar-refractivity contribution is 0.816. The zero-order valence-corrected chi connectivity index (χ0v) is 10.6. The van der Waals surface area contributed by atoms with Crippen molar-refractivity contribution in [1.29, 1.82) is 0 Å². The van der Waals surface area contributed by atoms with Crippen molar-refractivity contribution in [2.75, 3.05) is 5.73 Å². The first-order chi connectivity index (χ1) is 9.24. The van der Waals surface area contributed by atoms with E-state index in [9.17, 15) is 0 Å². The number of anilines is 1. The highest BCUT2D eigenvalue weighted by Gasteiger charge is 2.31. The van der Waals surface area contributed by atoms with Crippen LogP contribution in [0.1, 0.15) is 30.0 Å². The fourth-order valence-corrected chi connectivity index (χ4v) is 2.39. The molecule has 3 N–H and O–H groups in total. The highest BCUT2D eigenvalue weighted by molar-refractivity contribution is 5.90. The van der Waals surface area contributed by atoms with Gasteiger partial charge < -0.3 is 5.73 Å². The molecule has 0 unspecified atom stereocenters. The van der Waals surface area contributed by atoms with Gasteiger partial charge in [0.05, 0.1) is 11.1 Å². The number of aryl methyl sites for hydroxylation is 1. The molecule has 0 aliphatic heterocycles. The van der Waals surface area contributed by atoms with Crippen molar-refractivity contribution < 1.29 is 0 Å². The number of hydrogen-bond acceptors (Lipinski definition) is 4. The van der Waals surface area contributed by atoms with Gasteiger partial charge in [0.2, 0.25) is 0 Å². The highest BCUT2D eigenvalue weighted by atomic mass is 15.4. The lowest BCUT2D eigenvalue weighted by atomic mass is 10.2. The zero-order chi connectivity index (χ0) is 13.0. The second-order valence-electron chi connectivity index (χ2n) is 5.10. The third-order valence-electron chi connectivity index (χ3n) is 3.52. The molecule has 6 nitrogen and oxygen atoms in total. The van der Waals surface area contributed by atoms with E-state index < -0.39 is 0 Å². The van der Waals surface area contributed by atoms with Gasteiger partial charge in [-0.05, 0) is 37.5 Å². The predicted octanol–water partition coefficient (Wildman–Crippen LogP) is 1.91. The summed E-state index contributed by atoms with van der Waals surface area (Å²) in [4.78, 5) is 4.37. The summed E-state index contributed by atoms with van der Waals surface area (Å²) in [5, 5.41) is 12.7. The van der Waals surface area contributed by atoms with E-state index in [0.717, 1.165) is 28.1 Å². The van der Waals surface area contributed by atoms with Gasteiger partial charge in [0, 0.05) is 12.1 Å². The van der Waals surface area contributed by atoms with Crippen LogP contribution in [0.2, 0.25) is 0 Å². The number of fused-ring (bicyclic) bond motifs is 1. The van der Waals surface area contributed by atoms with Crippen molar-refractivity contribution >= 4 is 16.9 Å². The molecular formula is C13H14N6. The maximum Gasteiger partial charge on any atom is 0.188 e. The summed E-state index contributed by atoms with van der Waals surface area (Å²) in [6.45, 7) is 2.03. The molecule has 0 bridgehead atoms. The Labute approximate surface area is 109 Å². The molecular weight excluding hydrogens is 240 g/mol. The monoisotopic (exact) mass is 254 g/mol. The van der Waals surface area contributed by atoms with Crippen LogP contribution in [0.25, 0.3) is 16.9 Å². The number of aromatic nitrogens is 5. The summed E-state index contributed by atoms with van der Waals surface area (Å²) < 4.78 is 1.78. The van der Waals surface area contributed by atoms with Gasteiger partial charge in [-0.1, -0.05) is 0 Å². The smallest absolute Gasteiger partial charge is 0.188 e. The summed E-state index contributed by atoms with van der Waals surface area (Å²) in [5.41, 5.74) is 8.92. The Morgan fingerprint density at radius 3 is 3.00 bits per heavy atom. The summed E-state index contributed by atoms with van der Waals surface area (Å²) in [7, 11) is 0. The van der Waals surface area contributed by atoms with E-state index in [-0.39, 0.29) is 0 Å². The van der Waals surface area contributed by atoms with Gasteiger partial charge in [-0.15, -0.1) is 0 Å². The fourth-order valence-electron chi connectivity index (χ4n) is 2.39. The van der Waals surface area contributed by atoms with Crippen LogP contribution >= 0.6 is 0 Å². The van der Waals surface area contributed by atoms with Gasteiger partial charge in [0.25, 0.3) is 0 Å². The standard InChI is InChI=1S/C13H14N6/c1-7-4-5-15-9(6-7)19-13-10(12(14)16-17-13)11(18-19)8-2-3-8/h4-6,8H,2-3H2,1H3,(H3,14,16,17). The molecule has 1 saturated carbocycles. The number of nitrogen functional groups attached to an aromatic ring is 1. The molecule has 1 fully saturated rings. The maximum absolute atomic E-state index is 5.97. The van der Waals surface area contributed by atoms with Crippen LogP contribution in [0.15, 0.2) is 18.3 Å². The van der Waals surface area contributed by atoms with Crippen molar-refractivity contribution in [2.45, 2.75) is 25.7 Å². The van der Waals surface area contributed by atoms with E-state index in [1.54, 1.807) is 10.9 Å². The number of rotatable bonds is 2. The van der Waals surface area contributed by atoms with Crippen LogP contribution < -0.4 is 5.73 Å². The molecule has 4 rings (SSSR count). The SMILES string of the molecule is Cc1ccnc(-n2nc(C3CC3)c3c(N)[nH]nc32)c1. The van der Waals surface area contributed by atoms with Crippen LogP contribution in [-0.2, 0) is 0 Å². The molecule has 1 aliphatic carbocycles. The van der Waals surface area contributed by atoms with E-state index in [0.29, 0.717) is 11.7 Å². The summed E-state index contributed by atoms with van der Waals surface area (Å²) >= 11 is 0. The molecule has 0 spiro atoms. The van der Waals surface area contributed by atoms with Gasteiger partial charge >= 0.3 is 0 Å². The Kier molecular flexibility index (Phi) is 1.98. The van der Waals surface area contributed by atoms with Gasteiger partial charge in [-0.3, -0.25) is 5.10 Å². The van der Waals surface area contributed by atoms with Crippen LogP contribution in [0.4, 0.5) is 5.82 Å². The Hall–Kier alpha value is -2.37. The van der Waals surface area contributed by atoms with Gasteiger partial charge in [-0.2, -0.15) is 14.9 Å². The normalized spacial score (nSPS) is 15.2. The molecule has 3 aromatic heterocycles. The van der Waals surface area contributed by atoms with E-state index in [2.05, 4.69) is 20.3 Å². The third kappa shape index (κ3) is 1.53. The molecule has 0 saturated heterocycles. The number of H-pyrrole nitrogens is 1. The molecule has 96 valence electrons. The first-order valence-electron chi connectivity index (χ1n) is 6.39. The first-order valence-corrected chi connectivity index (χ1v) is 6.39. The fraction of sp³-hybridized carbons (Fsp3) is 0.308. The van der Waals surface area contributed by atoms with Crippen LogP contribution in [0.3, 0.4) is 0 Å². The summed E-state index contributed by atoms with van der Waals surface area (Å²) in [6.07, 6.45) is 4.14. The number of aromatic amines is 1. The first kappa shape index (κ1) is 10.5. The van der Waals surface area contributed by atoms with Crippen molar-refractivity contribution in [1.82, 2.24) is 25.0 Å². The van der Waals surface area contributed by atoms with E-state index in [1.807, 2.05) is 19.1 Å². The average molecular weight is 254 g/mol. The third-order valence-corrected chi connectivity index (χ3v) is 3.52. The minimum atomic E-state index is 0.522. The Morgan fingerprint density at radius 1 is 1.42 bits per heavy atom. The predicted molar refractivity (Wildman–Crippen MR) is 72.1 cm³/mol. The molecule has 0 atom stereocenters. The van der Waals surface area contributed by atoms with Crippen molar-refractivity contribution in [3.05, 3.63) is 29.6 Å². The Morgan fingerprint density at radius 2 is 2.26 bits per heavy atom. The number of hydrogen-bond donors (Lipinski definition) is 2. The molecule has 3 aromatic rings. The zero-order valence-electron chi connectivity index (χ0n) is 10.6. The Bertz CT molecular complexity index is 765. The number of nitrogens with one attached hydrogen (secondary N) is 1. The van der Waals surface area contributed by atoms with Crippen LogP contribution in [0.5, 0.6) is 0 Å². The largest absolute Gasteiger partial charge is 0.383 e. The van der Waals surface area contributed by atoms with Crippen molar-refractivity contribution in [2.24, 2.45) is 0 Å². The second-order valence-corrected chi connectivity index (χ2v) is 5.10. The average Bonchev–Trinajstić information content (AvgIpc) is 3.06. The molecule has 0 radical (unpaired) electrons. The minimum Gasteiger partial charge on any atom is -0.383 e. The highest BCUT2D eigenvalue weighted by Crippen LogP contribution is 2.43. The van der Waals surface area contributed by atoms with Gasteiger partial charge in [0.15, 0.2) is 11.5 Å². The summed E-state index contributed by atoms with van der Waals surface area (Å²) in [5.74, 6) is 1.90. The molecule has 6 heteroatoms. The minimum absolute atomic E-state index is 0.522. The van der Waals surface area contributed by atoms with Crippen molar-refractivity contribution in [3.63, 3.8) is 0 Å². The van der Waals surface area contributed by atoms with Crippen LogP contribution in [0, 0.1) is 6.92 Å².